The molecule has 3 aromatic heterocycles. The molecule has 0 spiro atoms. The Bertz CT molecular complexity index is 853. The monoisotopic (exact) mass is 328 g/mol. The molecule has 3 rings (SSSR count). The maximum atomic E-state index is 12.4. The molecular weight excluding hydrogens is 308 g/mol. The number of nitrogens with zero attached hydrogens (tertiary/aromatic N) is 5. The summed E-state index contributed by atoms with van der Waals surface area (Å²) in [5, 5.41) is 7.09. The van der Waals surface area contributed by atoms with Crippen LogP contribution >= 0.6 is 0 Å². The van der Waals surface area contributed by atoms with Crippen molar-refractivity contribution in [2.45, 2.75) is 19.9 Å². The summed E-state index contributed by atoms with van der Waals surface area (Å²) in [7, 11) is 3.86. The van der Waals surface area contributed by atoms with Crippen molar-refractivity contribution in [3.63, 3.8) is 0 Å². The smallest absolute Gasteiger partial charge is 0.291 e. The number of carbonyl (C=O) groups excluding carboxylic acids is 1. The molecule has 1 N–H and O–H groups in total. The highest BCUT2D eigenvalue weighted by atomic mass is 16.3. The van der Waals surface area contributed by atoms with Crippen LogP contribution in [0, 0.1) is 13.8 Å². The second-order valence-corrected chi connectivity index (χ2v) is 5.89. The first kappa shape index (κ1) is 16.1. The van der Waals surface area contributed by atoms with Gasteiger partial charge < -0.3 is 9.73 Å². The first-order chi connectivity index (χ1) is 11.5. The molecule has 0 saturated heterocycles. The Labute approximate surface area is 139 Å². The second kappa shape index (κ2) is 6.40. The average molecular weight is 328 g/mol. The molecule has 0 fully saturated rings. The lowest BCUT2D eigenvalue weighted by molar-refractivity contribution is 0.0929. The van der Waals surface area contributed by atoms with Crippen LogP contribution < -0.4 is 5.32 Å². The number of aryl methyl sites for hydroxylation is 2. The highest BCUT2D eigenvalue weighted by Crippen LogP contribution is 2.17. The van der Waals surface area contributed by atoms with Crippen molar-refractivity contribution in [1.29, 1.82) is 0 Å². The van der Waals surface area contributed by atoms with E-state index >= 15 is 0 Å². The largest absolute Gasteiger partial charge is 0.468 e. The minimum absolute atomic E-state index is 0.0666. The van der Waals surface area contributed by atoms with E-state index in [1.807, 2.05) is 51.0 Å². The van der Waals surface area contributed by atoms with Crippen molar-refractivity contribution < 1.29 is 9.21 Å². The minimum atomic E-state index is -0.337. The number of hydrogen-bond acceptors (Lipinski definition) is 6. The third-order valence-electron chi connectivity index (χ3n) is 3.77. The fraction of sp³-hybridized carbons (Fsp3) is 0.375. The molecule has 126 valence electrons. The predicted octanol–water partition coefficient (Wildman–Crippen LogP) is 1.37. The van der Waals surface area contributed by atoms with Crippen LogP contribution in [-0.4, -0.2) is 51.0 Å². The normalized spacial score (nSPS) is 12.7. The third-order valence-corrected chi connectivity index (χ3v) is 3.77. The Morgan fingerprint density at radius 3 is 2.83 bits per heavy atom. The lowest BCUT2D eigenvalue weighted by atomic mass is 10.2. The Hall–Kier alpha value is -2.74. The second-order valence-electron chi connectivity index (χ2n) is 5.89. The number of furan rings is 1. The highest BCUT2D eigenvalue weighted by molar-refractivity contribution is 5.90. The number of aromatic nitrogens is 4. The lowest BCUT2D eigenvalue weighted by Crippen LogP contribution is -2.34. The van der Waals surface area contributed by atoms with E-state index in [0.717, 1.165) is 17.1 Å². The van der Waals surface area contributed by atoms with Gasteiger partial charge >= 0.3 is 0 Å². The fourth-order valence-corrected chi connectivity index (χ4v) is 2.55. The molecular formula is C16H20N6O2. The van der Waals surface area contributed by atoms with Crippen LogP contribution in [0.2, 0.25) is 0 Å². The van der Waals surface area contributed by atoms with Crippen LogP contribution in [-0.2, 0) is 0 Å². The van der Waals surface area contributed by atoms with Gasteiger partial charge in [-0.15, -0.1) is 5.10 Å². The van der Waals surface area contributed by atoms with Crippen LogP contribution in [0.5, 0.6) is 0 Å². The van der Waals surface area contributed by atoms with E-state index in [0.29, 0.717) is 12.3 Å². The van der Waals surface area contributed by atoms with Gasteiger partial charge in [-0.25, -0.2) is 9.50 Å². The summed E-state index contributed by atoms with van der Waals surface area (Å²) in [6, 6.07) is 5.54. The van der Waals surface area contributed by atoms with Gasteiger partial charge in [-0.1, -0.05) is 0 Å². The van der Waals surface area contributed by atoms with Gasteiger partial charge in [-0.05, 0) is 46.1 Å². The van der Waals surface area contributed by atoms with Crippen molar-refractivity contribution in [3.05, 3.63) is 47.4 Å². The molecule has 0 radical (unpaired) electrons. The summed E-state index contributed by atoms with van der Waals surface area (Å²) in [6.45, 7) is 4.17. The number of hydrogen-bond donors (Lipinski definition) is 1. The zero-order valence-electron chi connectivity index (χ0n) is 14.1. The number of rotatable bonds is 5. The van der Waals surface area contributed by atoms with Gasteiger partial charge in [0.15, 0.2) is 0 Å². The molecule has 1 unspecified atom stereocenters. The molecule has 0 aliphatic heterocycles. The van der Waals surface area contributed by atoms with Crippen LogP contribution in [0.15, 0.2) is 28.9 Å². The molecule has 3 heterocycles. The molecule has 0 saturated carbocycles. The molecule has 0 aliphatic carbocycles. The Morgan fingerprint density at radius 2 is 2.17 bits per heavy atom. The van der Waals surface area contributed by atoms with E-state index in [1.165, 1.54) is 0 Å². The third kappa shape index (κ3) is 3.13. The zero-order chi connectivity index (χ0) is 17.3. The van der Waals surface area contributed by atoms with Crippen molar-refractivity contribution >= 4 is 11.7 Å². The first-order valence-electron chi connectivity index (χ1n) is 7.64. The van der Waals surface area contributed by atoms with Crippen molar-refractivity contribution in [2.75, 3.05) is 20.6 Å². The summed E-state index contributed by atoms with van der Waals surface area (Å²) in [5.74, 6) is 0.980. The van der Waals surface area contributed by atoms with Crippen LogP contribution in [0.1, 0.15) is 33.8 Å². The molecule has 24 heavy (non-hydrogen) atoms. The Morgan fingerprint density at radius 1 is 1.38 bits per heavy atom. The van der Waals surface area contributed by atoms with Gasteiger partial charge in [0.1, 0.15) is 5.76 Å². The maximum Gasteiger partial charge on any atom is 0.291 e. The zero-order valence-corrected chi connectivity index (χ0v) is 14.1. The summed E-state index contributed by atoms with van der Waals surface area (Å²) < 4.78 is 7.00. The molecule has 0 aliphatic rings. The number of amides is 1. The van der Waals surface area contributed by atoms with Crippen molar-refractivity contribution in [3.8, 4) is 0 Å². The van der Waals surface area contributed by atoms with Gasteiger partial charge in [0.2, 0.25) is 5.82 Å². The Balaban J connectivity index is 1.76. The number of carbonyl (C=O) groups is 1. The number of fused-ring (bicyclic) bond motifs is 1. The number of nitrogens with one attached hydrogen (secondary N) is 1. The Kier molecular flexibility index (Phi) is 4.30. The summed E-state index contributed by atoms with van der Waals surface area (Å²) >= 11 is 0. The SMILES string of the molecule is Cc1cc(C)n2nc(C(=O)NCC(c3ccco3)N(C)C)nc2n1. The topological polar surface area (TPSA) is 88.6 Å². The number of likely N-dealkylation sites (N-methyl/N-ethyl adjacent to an activating group) is 1. The fourth-order valence-electron chi connectivity index (χ4n) is 2.55. The van der Waals surface area contributed by atoms with E-state index in [1.54, 1.807) is 10.8 Å². The van der Waals surface area contributed by atoms with Crippen LogP contribution in [0.4, 0.5) is 0 Å². The molecule has 8 heteroatoms. The van der Waals surface area contributed by atoms with E-state index in [2.05, 4.69) is 20.4 Å². The van der Waals surface area contributed by atoms with Crippen LogP contribution in [0.25, 0.3) is 5.78 Å². The average Bonchev–Trinajstić information content (AvgIpc) is 3.16. The quantitative estimate of drug-likeness (QED) is 0.761. The highest BCUT2D eigenvalue weighted by Gasteiger charge is 2.20. The summed E-state index contributed by atoms with van der Waals surface area (Å²) in [6.07, 6.45) is 1.62. The van der Waals surface area contributed by atoms with E-state index < -0.39 is 0 Å². The standard InChI is InChI=1S/C16H20N6O2/c1-10-8-11(2)22-16(18-10)19-14(20-22)15(23)17-9-12(21(3)4)13-6-5-7-24-13/h5-8,12H,9H2,1-4H3,(H,17,23). The van der Waals surface area contributed by atoms with Gasteiger partial charge in [-0.2, -0.15) is 4.98 Å². The van der Waals surface area contributed by atoms with Gasteiger partial charge in [0.25, 0.3) is 11.7 Å². The molecule has 0 aromatic carbocycles. The van der Waals surface area contributed by atoms with Crippen LogP contribution in [0.3, 0.4) is 0 Å². The summed E-state index contributed by atoms with van der Waals surface area (Å²) in [4.78, 5) is 22.9. The molecule has 1 amide bonds. The predicted molar refractivity (Wildman–Crippen MR) is 87.7 cm³/mol. The van der Waals surface area contributed by atoms with Gasteiger partial charge in [0, 0.05) is 17.9 Å². The van der Waals surface area contributed by atoms with Crippen molar-refractivity contribution in [2.24, 2.45) is 0 Å². The van der Waals surface area contributed by atoms with E-state index in [-0.39, 0.29) is 17.8 Å². The molecule has 3 aromatic rings. The first-order valence-corrected chi connectivity index (χ1v) is 7.64. The van der Waals surface area contributed by atoms with Gasteiger partial charge in [0.05, 0.1) is 12.3 Å². The summed E-state index contributed by atoms with van der Waals surface area (Å²) in [5.41, 5.74) is 1.72. The maximum absolute atomic E-state index is 12.4. The molecule has 1 atom stereocenters. The van der Waals surface area contributed by atoms with Crippen molar-refractivity contribution in [1.82, 2.24) is 29.8 Å². The lowest BCUT2D eigenvalue weighted by Gasteiger charge is -2.22. The van der Waals surface area contributed by atoms with E-state index in [4.69, 9.17) is 4.42 Å². The molecule has 8 nitrogen and oxygen atoms in total. The van der Waals surface area contributed by atoms with E-state index in [9.17, 15) is 4.79 Å². The van der Waals surface area contributed by atoms with Gasteiger partial charge in [-0.3, -0.25) is 9.69 Å². The minimum Gasteiger partial charge on any atom is -0.468 e. The molecule has 0 bridgehead atoms.